The van der Waals surface area contributed by atoms with E-state index in [-0.39, 0.29) is 11.9 Å². The molecule has 0 unspecified atom stereocenters. The molecule has 19 heavy (non-hydrogen) atoms. The molecular weight excluding hydrogens is 260 g/mol. The van der Waals surface area contributed by atoms with Crippen LogP contribution in [0, 0.1) is 0 Å². The van der Waals surface area contributed by atoms with Crippen LogP contribution in [-0.4, -0.2) is 49.3 Å². The van der Waals surface area contributed by atoms with Crippen LogP contribution in [0.4, 0.5) is 0 Å². The second kappa shape index (κ2) is 6.82. The predicted octanol–water partition coefficient (Wildman–Crippen LogP) is 1.61. The number of amides is 1. The lowest BCUT2D eigenvalue weighted by Crippen LogP contribution is -2.52. The molecule has 0 radical (unpaired) electrons. The topological polar surface area (TPSA) is 41.6 Å². The van der Waals surface area contributed by atoms with Gasteiger partial charge in [0.05, 0.1) is 12.9 Å². The van der Waals surface area contributed by atoms with Gasteiger partial charge in [-0.2, -0.15) is 0 Å². The van der Waals surface area contributed by atoms with Gasteiger partial charge in [-0.15, -0.1) is 11.8 Å². The Hall–Kier alpha value is -1.20. The van der Waals surface area contributed by atoms with E-state index < -0.39 is 0 Å². The first-order valence-electron chi connectivity index (χ1n) is 6.47. The molecule has 0 bridgehead atoms. The number of carbonyl (C=O) groups is 1. The number of nitrogens with zero attached hydrogens (tertiary/aromatic N) is 1. The molecule has 1 amide bonds. The van der Waals surface area contributed by atoms with Crippen molar-refractivity contribution in [2.75, 3.05) is 32.5 Å². The first kappa shape index (κ1) is 14.2. The van der Waals surface area contributed by atoms with Crippen molar-refractivity contribution in [3.63, 3.8) is 0 Å². The fraction of sp³-hybridized carbons (Fsp3) is 0.500. The average molecular weight is 280 g/mol. The first-order chi connectivity index (χ1) is 9.20. The Bertz CT molecular complexity index is 422. The van der Waals surface area contributed by atoms with E-state index in [9.17, 15) is 4.79 Å². The van der Waals surface area contributed by atoms with E-state index in [0.717, 1.165) is 30.3 Å². The maximum atomic E-state index is 12.2. The van der Waals surface area contributed by atoms with Gasteiger partial charge >= 0.3 is 0 Å². The summed E-state index contributed by atoms with van der Waals surface area (Å²) < 4.78 is 5.11. The first-order valence-corrected chi connectivity index (χ1v) is 7.46. The summed E-state index contributed by atoms with van der Waals surface area (Å²) in [4.78, 5) is 15.2. The molecule has 1 N–H and O–H groups in total. The minimum absolute atomic E-state index is 0.217. The van der Waals surface area contributed by atoms with Crippen molar-refractivity contribution in [3.8, 4) is 5.75 Å². The molecule has 5 heteroatoms. The van der Waals surface area contributed by atoms with Crippen LogP contribution >= 0.6 is 11.8 Å². The van der Waals surface area contributed by atoms with Crippen LogP contribution in [0.15, 0.2) is 29.2 Å². The molecule has 1 saturated heterocycles. The molecule has 0 spiro atoms. The normalized spacial score (nSPS) is 19.3. The van der Waals surface area contributed by atoms with Crippen molar-refractivity contribution in [2.24, 2.45) is 0 Å². The maximum absolute atomic E-state index is 12.2. The third kappa shape index (κ3) is 3.88. The Morgan fingerprint density at radius 3 is 2.84 bits per heavy atom. The van der Waals surface area contributed by atoms with E-state index in [0.29, 0.717) is 5.75 Å². The molecular formula is C14H20N2O2S. The van der Waals surface area contributed by atoms with E-state index >= 15 is 0 Å². The number of ether oxygens (including phenoxy) is 1. The van der Waals surface area contributed by atoms with Crippen LogP contribution < -0.4 is 10.1 Å². The van der Waals surface area contributed by atoms with E-state index in [4.69, 9.17) is 4.74 Å². The number of thioether (sulfide) groups is 1. The smallest absolute Gasteiger partial charge is 0.233 e. The van der Waals surface area contributed by atoms with Gasteiger partial charge in [-0.3, -0.25) is 4.79 Å². The maximum Gasteiger partial charge on any atom is 0.233 e. The van der Waals surface area contributed by atoms with Crippen molar-refractivity contribution in [1.29, 1.82) is 0 Å². The van der Waals surface area contributed by atoms with Gasteiger partial charge in [-0.05, 0) is 31.2 Å². The summed E-state index contributed by atoms with van der Waals surface area (Å²) in [5.74, 6) is 1.55. The number of methoxy groups -OCH3 is 1. The molecule has 4 nitrogen and oxygen atoms in total. The Morgan fingerprint density at radius 2 is 2.21 bits per heavy atom. The molecule has 1 fully saturated rings. The standard InChI is InChI=1S/C14H20N2O2S/c1-11-9-15-7-8-16(11)14(17)10-19-13-5-3-12(18-2)4-6-13/h3-6,11,15H,7-10H2,1-2H3/t11-/m1/s1. The van der Waals surface area contributed by atoms with Gasteiger partial charge in [0.2, 0.25) is 5.91 Å². The molecule has 0 aliphatic carbocycles. The minimum Gasteiger partial charge on any atom is -0.497 e. The fourth-order valence-electron chi connectivity index (χ4n) is 2.11. The molecule has 0 aromatic heterocycles. The van der Waals surface area contributed by atoms with E-state index in [1.807, 2.05) is 29.2 Å². The molecule has 1 aromatic carbocycles. The van der Waals surface area contributed by atoms with Gasteiger partial charge in [-0.25, -0.2) is 0 Å². The zero-order valence-corrected chi connectivity index (χ0v) is 12.2. The van der Waals surface area contributed by atoms with Gasteiger partial charge in [0, 0.05) is 30.6 Å². The van der Waals surface area contributed by atoms with Crippen LogP contribution in [0.1, 0.15) is 6.92 Å². The van der Waals surface area contributed by atoms with Crippen molar-refractivity contribution >= 4 is 17.7 Å². The Labute approximate surface area is 118 Å². The van der Waals surface area contributed by atoms with Gasteiger partial charge in [0.1, 0.15) is 5.75 Å². The third-order valence-corrected chi connectivity index (χ3v) is 4.24. The summed E-state index contributed by atoms with van der Waals surface area (Å²) in [5.41, 5.74) is 0. The number of hydrogen-bond acceptors (Lipinski definition) is 4. The summed E-state index contributed by atoms with van der Waals surface area (Å²) in [5, 5.41) is 3.29. The average Bonchev–Trinajstić information content (AvgIpc) is 2.46. The van der Waals surface area contributed by atoms with Crippen LogP contribution in [-0.2, 0) is 4.79 Å². The highest BCUT2D eigenvalue weighted by molar-refractivity contribution is 8.00. The van der Waals surface area contributed by atoms with Crippen molar-refractivity contribution in [3.05, 3.63) is 24.3 Å². The highest BCUT2D eigenvalue weighted by atomic mass is 32.2. The van der Waals surface area contributed by atoms with Gasteiger partial charge in [0.25, 0.3) is 0 Å². The van der Waals surface area contributed by atoms with Crippen molar-refractivity contribution < 1.29 is 9.53 Å². The summed E-state index contributed by atoms with van der Waals surface area (Å²) >= 11 is 1.58. The summed E-state index contributed by atoms with van der Waals surface area (Å²) in [7, 11) is 1.65. The number of rotatable bonds is 4. The van der Waals surface area contributed by atoms with Crippen molar-refractivity contribution in [2.45, 2.75) is 17.9 Å². The third-order valence-electron chi connectivity index (χ3n) is 3.24. The lowest BCUT2D eigenvalue weighted by atomic mass is 10.2. The number of carbonyl (C=O) groups excluding carboxylic acids is 1. The quantitative estimate of drug-likeness (QED) is 0.851. The Morgan fingerprint density at radius 1 is 1.47 bits per heavy atom. The van der Waals surface area contributed by atoms with E-state index in [2.05, 4.69) is 12.2 Å². The second-order valence-electron chi connectivity index (χ2n) is 4.60. The van der Waals surface area contributed by atoms with Gasteiger partial charge < -0.3 is 15.0 Å². The van der Waals surface area contributed by atoms with E-state index in [1.165, 1.54) is 0 Å². The SMILES string of the molecule is COc1ccc(SCC(=O)N2CCNC[C@H]2C)cc1. The molecule has 1 aliphatic rings. The molecule has 0 saturated carbocycles. The highest BCUT2D eigenvalue weighted by Crippen LogP contribution is 2.22. The summed E-state index contributed by atoms with van der Waals surface area (Å²) in [6, 6.07) is 8.09. The fourth-order valence-corrected chi connectivity index (χ4v) is 2.90. The molecule has 2 rings (SSSR count). The number of benzene rings is 1. The lowest BCUT2D eigenvalue weighted by molar-refractivity contribution is -0.131. The molecule has 1 aliphatic heterocycles. The highest BCUT2D eigenvalue weighted by Gasteiger charge is 2.22. The minimum atomic E-state index is 0.217. The molecule has 1 heterocycles. The second-order valence-corrected chi connectivity index (χ2v) is 5.65. The Balaban J connectivity index is 1.85. The van der Waals surface area contributed by atoms with Crippen LogP contribution in [0.5, 0.6) is 5.75 Å². The van der Waals surface area contributed by atoms with Crippen molar-refractivity contribution in [1.82, 2.24) is 10.2 Å². The van der Waals surface area contributed by atoms with Gasteiger partial charge in [-0.1, -0.05) is 0 Å². The van der Waals surface area contributed by atoms with Gasteiger partial charge in [0.15, 0.2) is 0 Å². The molecule has 104 valence electrons. The summed E-state index contributed by atoms with van der Waals surface area (Å²) in [6.45, 7) is 4.67. The predicted molar refractivity (Wildman–Crippen MR) is 77.8 cm³/mol. The summed E-state index contributed by atoms with van der Waals surface area (Å²) in [6.07, 6.45) is 0. The zero-order valence-electron chi connectivity index (χ0n) is 11.4. The molecule has 1 atom stereocenters. The van der Waals surface area contributed by atoms with Crippen LogP contribution in [0.25, 0.3) is 0 Å². The largest absolute Gasteiger partial charge is 0.497 e. The van der Waals surface area contributed by atoms with Crippen LogP contribution in [0.2, 0.25) is 0 Å². The Kier molecular flexibility index (Phi) is 5.10. The number of hydrogen-bond donors (Lipinski definition) is 1. The monoisotopic (exact) mass is 280 g/mol. The zero-order chi connectivity index (χ0) is 13.7. The lowest BCUT2D eigenvalue weighted by Gasteiger charge is -2.33. The molecule has 1 aromatic rings. The van der Waals surface area contributed by atoms with E-state index in [1.54, 1.807) is 18.9 Å². The number of nitrogens with one attached hydrogen (secondary N) is 1. The van der Waals surface area contributed by atoms with Crippen LogP contribution in [0.3, 0.4) is 0 Å². The number of piperazine rings is 1.